The number of nitrogens with zero attached hydrogens (tertiary/aromatic N) is 1. The molecule has 2 aromatic carbocycles. The van der Waals surface area contributed by atoms with E-state index < -0.39 is 0 Å². The fraction of sp³-hybridized carbons (Fsp3) is 0.217. The van der Waals surface area contributed by atoms with E-state index in [1.165, 1.54) is 5.56 Å². The number of nitrogens with one attached hydrogen (secondary N) is 3. The van der Waals surface area contributed by atoms with Crippen LogP contribution >= 0.6 is 35.6 Å². The van der Waals surface area contributed by atoms with Crippen molar-refractivity contribution in [2.24, 2.45) is 4.99 Å². The molecule has 0 radical (unpaired) electrons. The zero-order valence-electron chi connectivity index (χ0n) is 17.2. The van der Waals surface area contributed by atoms with Crippen LogP contribution in [0.5, 0.6) is 0 Å². The second-order valence-electron chi connectivity index (χ2n) is 6.69. The van der Waals surface area contributed by atoms with Crippen molar-refractivity contribution in [3.63, 3.8) is 0 Å². The van der Waals surface area contributed by atoms with E-state index in [2.05, 4.69) is 20.9 Å². The van der Waals surface area contributed by atoms with E-state index in [1.54, 1.807) is 25.4 Å². The maximum atomic E-state index is 12.4. The first-order valence-electron chi connectivity index (χ1n) is 9.72. The minimum absolute atomic E-state index is 0. The minimum atomic E-state index is -0.140. The SMILES string of the molecule is CN=C(NCCc1ccc(Cl)cc1)NCc1cccc(C(=O)NCc2ccco2)c1.I. The number of halogens is 2. The molecule has 1 aromatic heterocycles. The number of carbonyl (C=O) groups excluding carboxylic acids is 1. The van der Waals surface area contributed by atoms with Gasteiger partial charge in [0.25, 0.3) is 5.91 Å². The van der Waals surface area contributed by atoms with Gasteiger partial charge in [-0.15, -0.1) is 24.0 Å². The first kappa shape index (κ1) is 24.7. The molecule has 6 nitrogen and oxygen atoms in total. The van der Waals surface area contributed by atoms with E-state index in [-0.39, 0.29) is 29.9 Å². The molecule has 0 saturated carbocycles. The van der Waals surface area contributed by atoms with Crippen molar-refractivity contribution in [2.75, 3.05) is 13.6 Å². The summed E-state index contributed by atoms with van der Waals surface area (Å²) >= 11 is 5.92. The van der Waals surface area contributed by atoms with Crippen LogP contribution in [-0.4, -0.2) is 25.5 Å². The lowest BCUT2D eigenvalue weighted by Crippen LogP contribution is -2.37. The van der Waals surface area contributed by atoms with Crippen LogP contribution < -0.4 is 16.0 Å². The molecule has 0 atom stereocenters. The van der Waals surface area contributed by atoms with Gasteiger partial charge in [-0.25, -0.2) is 0 Å². The Kier molecular flexibility index (Phi) is 10.4. The van der Waals surface area contributed by atoms with Crippen LogP contribution in [0.25, 0.3) is 0 Å². The van der Waals surface area contributed by atoms with Gasteiger partial charge in [0.1, 0.15) is 5.76 Å². The van der Waals surface area contributed by atoms with Gasteiger partial charge < -0.3 is 20.4 Å². The maximum absolute atomic E-state index is 12.4. The molecule has 0 saturated heterocycles. The lowest BCUT2D eigenvalue weighted by Gasteiger charge is -2.12. The molecule has 3 N–H and O–H groups in total. The van der Waals surface area contributed by atoms with Gasteiger partial charge >= 0.3 is 0 Å². The first-order chi connectivity index (χ1) is 14.6. The number of aliphatic imine (C=N–C) groups is 1. The van der Waals surface area contributed by atoms with Crippen molar-refractivity contribution in [3.8, 4) is 0 Å². The van der Waals surface area contributed by atoms with Crippen molar-refractivity contribution in [1.82, 2.24) is 16.0 Å². The Morgan fingerprint density at radius 1 is 0.968 bits per heavy atom. The standard InChI is InChI=1S/C23H25ClN4O2.HI/c1-25-23(26-12-11-17-7-9-20(24)10-8-17)28-15-18-4-2-5-19(14-18)22(29)27-16-21-6-3-13-30-21;/h2-10,13-14H,11-12,15-16H2,1H3,(H,27,29)(H2,25,26,28);1H. The highest BCUT2D eigenvalue weighted by Gasteiger charge is 2.07. The molecule has 3 aromatic rings. The van der Waals surface area contributed by atoms with E-state index in [1.807, 2.05) is 48.5 Å². The highest BCUT2D eigenvalue weighted by atomic mass is 127. The van der Waals surface area contributed by atoms with E-state index in [4.69, 9.17) is 16.0 Å². The molecule has 0 fully saturated rings. The van der Waals surface area contributed by atoms with Crippen LogP contribution in [0, 0.1) is 0 Å². The summed E-state index contributed by atoms with van der Waals surface area (Å²) in [5.41, 5.74) is 2.79. The van der Waals surface area contributed by atoms with Gasteiger partial charge in [-0.05, 0) is 53.9 Å². The van der Waals surface area contributed by atoms with Crippen molar-refractivity contribution < 1.29 is 9.21 Å². The van der Waals surface area contributed by atoms with Crippen molar-refractivity contribution in [3.05, 3.63) is 94.4 Å². The predicted octanol–water partition coefficient (Wildman–Crippen LogP) is 4.39. The Hall–Kier alpha value is -2.52. The lowest BCUT2D eigenvalue weighted by molar-refractivity contribution is 0.0948. The molecular formula is C23H26ClIN4O2. The Bertz CT molecular complexity index is 976. The summed E-state index contributed by atoms with van der Waals surface area (Å²) in [5, 5.41) is 10.2. The van der Waals surface area contributed by atoms with Gasteiger partial charge in [0.15, 0.2) is 5.96 Å². The van der Waals surface area contributed by atoms with Gasteiger partial charge in [0, 0.05) is 30.7 Å². The molecule has 0 aliphatic rings. The Morgan fingerprint density at radius 3 is 2.48 bits per heavy atom. The van der Waals surface area contributed by atoms with Gasteiger partial charge in [-0.3, -0.25) is 9.79 Å². The van der Waals surface area contributed by atoms with Crippen LogP contribution in [-0.2, 0) is 19.5 Å². The fourth-order valence-corrected chi connectivity index (χ4v) is 3.01. The van der Waals surface area contributed by atoms with E-state index >= 15 is 0 Å². The van der Waals surface area contributed by atoms with Gasteiger partial charge in [-0.2, -0.15) is 0 Å². The van der Waals surface area contributed by atoms with Gasteiger partial charge in [0.2, 0.25) is 0 Å². The zero-order valence-corrected chi connectivity index (χ0v) is 20.3. The topological polar surface area (TPSA) is 78.7 Å². The normalized spacial score (nSPS) is 10.8. The van der Waals surface area contributed by atoms with Gasteiger partial charge in [0.05, 0.1) is 12.8 Å². The van der Waals surface area contributed by atoms with Crippen LogP contribution in [0.2, 0.25) is 5.02 Å². The number of amides is 1. The molecule has 0 unspecified atom stereocenters. The summed E-state index contributed by atoms with van der Waals surface area (Å²) in [6.07, 6.45) is 2.45. The van der Waals surface area contributed by atoms with Crippen molar-refractivity contribution in [2.45, 2.75) is 19.5 Å². The third kappa shape index (κ3) is 8.26. The Labute approximate surface area is 204 Å². The largest absolute Gasteiger partial charge is 0.467 e. The number of carbonyl (C=O) groups is 1. The maximum Gasteiger partial charge on any atom is 0.251 e. The smallest absolute Gasteiger partial charge is 0.251 e. The third-order valence-corrected chi connectivity index (χ3v) is 4.75. The summed E-state index contributed by atoms with van der Waals surface area (Å²) in [6.45, 7) is 1.66. The third-order valence-electron chi connectivity index (χ3n) is 4.50. The van der Waals surface area contributed by atoms with Crippen LogP contribution in [0.1, 0.15) is 27.2 Å². The molecule has 31 heavy (non-hydrogen) atoms. The minimum Gasteiger partial charge on any atom is -0.467 e. The second-order valence-corrected chi connectivity index (χ2v) is 7.13. The van der Waals surface area contributed by atoms with Gasteiger partial charge in [-0.1, -0.05) is 35.9 Å². The fourth-order valence-electron chi connectivity index (χ4n) is 2.89. The van der Waals surface area contributed by atoms with Crippen molar-refractivity contribution in [1.29, 1.82) is 0 Å². The quantitative estimate of drug-likeness (QED) is 0.220. The molecular weight excluding hydrogens is 527 g/mol. The summed E-state index contributed by atoms with van der Waals surface area (Å²) in [7, 11) is 1.73. The highest BCUT2D eigenvalue weighted by Crippen LogP contribution is 2.09. The molecule has 8 heteroatoms. The van der Waals surface area contributed by atoms with Crippen molar-refractivity contribution >= 4 is 47.4 Å². The molecule has 1 heterocycles. The average molecular weight is 553 g/mol. The number of furan rings is 1. The first-order valence-corrected chi connectivity index (χ1v) is 10.1. The number of hydrogen-bond acceptors (Lipinski definition) is 3. The summed E-state index contributed by atoms with van der Waals surface area (Å²) in [4.78, 5) is 16.6. The summed E-state index contributed by atoms with van der Waals surface area (Å²) in [6, 6.07) is 18.9. The molecule has 0 bridgehead atoms. The molecule has 0 spiro atoms. The summed E-state index contributed by atoms with van der Waals surface area (Å²) in [5.74, 6) is 1.28. The Morgan fingerprint density at radius 2 is 1.77 bits per heavy atom. The monoisotopic (exact) mass is 552 g/mol. The van der Waals surface area contributed by atoms with E-state index in [0.29, 0.717) is 24.6 Å². The highest BCUT2D eigenvalue weighted by molar-refractivity contribution is 14.0. The average Bonchev–Trinajstić information content (AvgIpc) is 3.29. The summed E-state index contributed by atoms with van der Waals surface area (Å²) < 4.78 is 5.24. The van der Waals surface area contributed by atoms with Crippen LogP contribution in [0.3, 0.4) is 0 Å². The number of benzene rings is 2. The number of hydrogen-bond donors (Lipinski definition) is 3. The zero-order chi connectivity index (χ0) is 21.2. The molecule has 1 amide bonds. The lowest BCUT2D eigenvalue weighted by atomic mass is 10.1. The van der Waals surface area contributed by atoms with E-state index in [0.717, 1.165) is 29.3 Å². The second kappa shape index (κ2) is 13.0. The molecule has 3 rings (SSSR count). The molecule has 164 valence electrons. The predicted molar refractivity (Wildman–Crippen MR) is 135 cm³/mol. The van der Waals surface area contributed by atoms with Crippen LogP contribution in [0.15, 0.2) is 76.3 Å². The van der Waals surface area contributed by atoms with Crippen LogP contribution in [0.4, 0.5) is 0 Å². The number of rotatable bonds is 8. The Balaban J connectivity index is 0.00000341. The molecule has 0 aliphatic carbocycles. The number of guanidine groups is 1. The molecule has 0 aliphatic heterocycles. The van der Waals surface area contributed by atoms with E-state index in [9.17, 15) is 4.79 Å².